The fraction of sp³-hybridized carbons (Fsp3) is 0.467. The molecular formula is C15H18N4O3. The predicted molar refractivity (Wildman–Crippen MR) is 77.6 cm³/mol. The first-order valence-corrected chi connectivity index (χ1v) is 7.30. The molecule has 0 aliphatic carbocycles. The van der Waals surface area contributed by atoms with Crippen LogP contribution in [0.3, 0.4) is 0 Å². The number of likely N-dealkylation sites (tertiary alicyclic amines) is 1. The van der Waals surface area contributed by atoms with Crippen LogP contribution in [0.2, 0.25) is 0 Å². The molecule has 0 bridgehead atoms. The van der Waals surface area contributed by atoms with E-state index in [-0.39, 0.29) is 12.0 Å². The summed E-state index contributed by atoms with van der Waals surface area (Å²) in [5.74, 6) is 1.08. The van der Waals surface area contributed by atoms with Crippen LogP contribution in [0.1, 0.15) is 34.7 Å². The maximum atomic E-state index is 12.5. The van der Waals surface area contributed by atoms with E-state index in [1.165, 1.54) is 0 Å². The predicted octanol–water partition coefficient (Wildman–Crippen LogP) is 1.77. The van der Waals surface area contributed by atoms with E-state index in [0.717, 1.165) is 12.8 Å². The molecule has 0 radical (unpaired) electrons. The average Bonchev–Trinajstić information content (AvgIpc) is 2.87. The van der Waals surface area contributed by atoms with Gasteiger partial charge in [-0.3, -0.25) is 9.78 Å². The molecule has 0 saturated carbocycles. The molecule has 0 spiro atoms. The number of aromatic nitrogens is 3. The summed E-state index contributed by atoms with van der Waals surface area (Å²) in [6.07, 6.45) is 6.41. The van der Waals surface area contributed by atoms with Crippen molar-refractivity contribution >= 4 is 5.91 Å². The second kappa shape index (κ2) is 6.13. The minimum absolute atomic E-state index is 0.0193. The van der Waals surface area contributed by atoms with Gasteiger partial charge in [-0.25, -0.2) is 4.98 Å². The summed E-state index contributed by atoms with van der Waals surface area (Å²) in [5, 5.41) is 3.84. The van der Waals surface area contributed by atoms with Gasteiger partial charge in [0.1, 0.15) is 17.4 Å². The molecule has 3 rings (SSSR count). The first-order chi connectivity index (χ1) is 10.6. The van der Waals surface area contributed by atoms with Crippen molar-refractivity contribution in [3.63, 3.8) is 0 Å². The molecule has 2 aromatic rings. The lowest BCUT2D eigenvalue weighted by Crippen LogP contribution is -2.42. The molecule has 0 unspecified atom stereocenters. The highest BCUT2D eigenvalue weighted by molar-refractivity contribution is 5.96. The van der Waals surface area contributed by atoms with Crippen LogP contribution >= 0.6 is 0 Å². The number of carbonyl (C=O) groups is 1. The highest BCUT2D eigenvalue weighted by atomic mass is 16.5. The van der Waals surface area contributed by atoms with Gasteiger partial charge in [-0.15, -0.1) is 0 Å². The molecule has 3 heterocycles. The van der Waals surface area contributed by atoms with Gasteiger partial charge in [0.15, 0.2) is 0 Å². The van der Waals surface area contributed by atoms with Crippen LogP contribution in [-0.2, 0) is 0 Å². The summed E-state index contributed by atoms with van der Waals surface area (Å²) in [7, 11) is 0. The van der Waals surface area contributed by atoms with Gasteiger partial charge in [0.25, 0.3) is 5.91 Å². The molecular weight excluding hydrogens is 284 g/mol. The van der Waals surface area contributed by atoms with Crippen LogP contribution in [0.25, 0.3) is 0 Å². The first kappa shape index (κ1) is 14.5. The van der Waals surface area contributed by atoms with Crippen LogP contribution in [-0.4, -0.2) is 45.1 Å². The Morgan fingerprint density at radius 3 is 2.68 bits per heavy atom. The Labute approximate surface area is 128 Å². The Kier molecular flexibility index (Phi) is 4.04. The van der Waals surface area contributed by atoms with Gasteiger partial charge < -0.3 is 14.2 Å². The highest BCUT2D eigenvalue weighted by Gasteiger charge is 2.28. The number of nitrogens with zero attached hydrogens (tertiary/aromatic N) is 4. The van der Waals surface area contributed by atoms with Crippen molar-refractivity contribution < 1.29 is 14.1 Å². The van der Waals surface area contributed by atoms with E-state index >= 15 is 0 Å². The van der Waals surface area contributed by atoms with E-state index in [0.29, 0.717) is 36.0 Å². The summed E-state index contributed by atoms with van der Waals surface area (Å²) < 4.78 is 10.8. The minimum Gasteiger partial charge on any atom is -0.473 e. The molecule has 0 atom stereocenters. The Hall–Kier alpha value is -2.44. The van der Waals surface area contributed by atoms with E-state index in [1.807, 2.05) is 4.90 Å². The van der Waals surface area contributed by atoms with Crippen molar-refractivity contribution in [3.8, 4) is 5.88 Å². The number of piperidine rings is 1. The van der Waals surface area contributed by atoms with Crippen LogP contribution in [0.4, 0.5) is 0 Å². The third-order valence-electron chi connectivity index (χ3n) is 3.80. The Balaban J connectivity index is 1.59. The second-order valence-electron chi connectivity index (χ2n) is 5.35. The van der Waals surface area contributed by atoms with Gasteiger partial charge in [0.05, 0.1) is 11.9 Å². The molecule has 116 valence electrons. The second-order valence-corrected chi connectivity index (χ2v) is 5.35. The van der Waals surface area contributed by atoms with Gasteiger partial charge >= 0.3 is 0 Å². The van der Waals surface area contributed by atoms with E-state index in [4.69, 9.17) is 9.26 Å². The fourth-order valence-corrected chi connectivity index (χ4v) is 2.64. The molecule has 0 N–H and O–H groups in total. The first-order valence-electron chi connectivity index (χ1n) is 7.30. The zero-order valence-corrected chi connectivity index (χ0v) is 12.7. The zero-order chi connectivity index (χ0) is 15.5. The van der Waals surface area contributed by atoms with Crippen molar-refractivity contribution in [2.75, 3.05) is 13.1 Å². The Morgan fingerprint density at radius 2 is 2.09 bits per heavy atom. The molecule has 1 aliphatic heterocycles. The monoisotopic (exact) mass is 302 g/mol. The third kappa shape index (κ3) is 2.93. The van der Waals surface area contributed by atoms with Gasteiger partial charge in [-0.05, 0) is 13.8 Å². The smallest absolute Gasteiger partial charge is 0.259 e. The molecule has 2 aromatic heterocycles. The maximum Gasteiger partial charge on any atom is 0.259 e. The maximum absolute atomic E-state index is 12.5. The lowest BCUT2D eigenvalue weighted by molar-refractivity contribution is 0.0585. The Morgan fingerprint density at radius 1 is 1.32 bits per heavy atom. The lowest BCUT2D eigenvalue weighted by Gasteiger charge is -2.31. The van der Waals surface area contributed by atoms with Gasteiger partial charge in [0.2, 0.25) is 5.88 Å². The summed E-state index contributed by atoms with van der Waals surface area (Å²) in [5.41, 5.74) is 1.22. The molecule has 7 nitrogen and oxygen atoms in total. The number of amides is 1. The summed E-state index contributed by atoms with van der Waals surface area (Å²) in [4.78, 5) is 22.4. The summed E-state index contributed by atoms with van der Waals surface area (Å²) >= 11 is 0. The van der Waals surface area contributed by atoms with E-state index in [1.54, 1.807) is 32.4 Å². The summed E-state index contributed by atoms with van der Waals surface area (Å²) in [6.45, 7) is 4.84. The number of hydrogen-bond acceptors (Lipinski definition) is 6. The molecule has 0 aromatic carbocycles. The van der Waals surface area contributed by atoms with E-state index < -0.39 is 0 Å². The Bertz CT molecular complexity index is 629. The summed E-state index contributed by atoms with van der Waals surface area (Å²) in [6, 6.07) is 0. The number of ether oxygens (including phenoxy) is 1. The minimum atomic E-state index is -0.0193. The van der Waals surface area contributed by atoms with E-state index in [2.05, 4.69) is 15.1 Å². The van der Waals surface area contributed by atoms with Crippen molar-refractivity contribution in [3.05, 3.63) is 35.6 Å². The zero-order valence-electron chi connectivity index (χ0n) is 12.7. The van der Waals surface area contributed by atoms with Crippen LogP contribution in [0.15, 0.2) is 23.1 Å². The van der Waals surface area contributed by atoms with E-state index in [9.17, 15) is 4.79 Å². The topological polar surface area (TPSA) is 81.4 Å². The molecule has 1 saturated heterocycles. The van der Waals surface area contributed by atoms with Gasteiger partial charge in [-0.1, -0.05) is 5.16 Å². The van der Waals surface area contributed by atoms with Crippen molar-refractivity contribution in [1.29, 1.82) is 0 Å². The molecule has 1 aliphatic rings. The highest BCUT2D eigenvalue weighted by Crippen LogP contribution is 2.20. The standard InChI is InChI=1S/C15H18N4O3/c1-10-14(11(2)22-18-10)15(20)19-7-3-12(4-8-19)21-13-9-16-5-6-17-13/h5-6,9,12H,3-4,7-8H2,1-2H3. The van der Waals surface area contributed by atoms with Crippen molar-refractivity contribution in [1.82, 2.24) is 20.0 Å². The molecule has 22 heavy (non-hydrogen) atoms. The fourth-order valence-electron chi connectivity index (χ4n) is 2.64. The van der Waals surface area contributed by atoms with Crippen molar-refractivity contribution in [2.24, 2.45) is 0 Å². The van der Waals surface area contributed by atoms with Crippen LogP contribution in [0.5, 0.6) is 5.88 Å². The average molecular weight is 302 g/mol. The van der Waals surface area contributed by atoms with Crippen LogP contribution < -0.4 is 4.74 Å². The van der Waals surface area contributed by atoms with Crippen LogP contribution in [0, 0.1) is 13.8 Å². The number of hydrogen-bond donors (Lipinski definition) is 0. The number of carbonyl (C=O) groups excluding carboxylic acids is 1. The molecule has 1 amide bonds. The van der Waals surface area contributed by atoms with Gasteiger partial charge in [-0.2, -0.15) is 0 Å². The largest absolute Gasteiger partial charge is 0.473 e. The molecule has 1 fully saturated rings. The van der Waals surface area contributed by atoms with Crippen molar-refractivity contribution in [2.45, 2.75) is 32.8 Å². The third-order valence-corrected chi connectivity index (χ3v) is 3.80. The quantitative estimate of drug-likeness (QED) is 0.859. The lowest BCUT2D eigenvalue weighted by atomic mass is 10.1. The molecule has 7 heteroatoms. The number of rotatable bonds is 3. The SMILES string of the molecule is Cc1noc(C)c1C(=O)N1CCC(Oc2cnccn2)CC1. The van der Waals surface area contributed by atoms with Gasteiger partial charge in [0, 0.05) is 38.3 Å². The number of aryl methyl sites for hydroxylation is 2. The normalized spacial score (nSPS) is 15.8.